The third-order valence-corrected chi connectivity index (χ3v) is 15.9. The lowest BCUT2D eigenvalue weighted by Crippen LogP contribution is -2.56. The van der Waals surface area contributed by atoms with Crippen LogP contribution < -0.4 is 0 Å². The van der Waals surface area contributed by atoms with Crippen molar-refractivity contribution >= 4 is 28.4 Å². The van der Waals surface area contributed by atoms with Crippen molar-refractivity contribution in [1.82, 2.24) is 0 Å². The maximum absolute atomic E-state index is 14.1. The average molecular weight is 565 g/mol. The molecular formula is C36H52O3S. The Labute approximate surface area is 246 Å². The van der Waals surface area contributed by atoms with Crippen molar-refractivity contribution in [1.29, 1.82) is 0 Å². The first kappa shape index (κ1) is 27.9. The average Bonchev–Trinajstić information content (AvgIpc) is 3.13. The molecule has 0 heterocycles. The molecule has 4 heteroatoms. The standard InChI is InChI=1S/C36H52O3S/c1-22(37)5-9-33(2)10-7-29-32-28(8-12-35(29,33)4)34(3)11-6-27(38)16-26(34)17-30(32)40-31(39)21-36-18-23-13-24(19-36)15-25(14-23)20-36/h16,23-25,28-30,32H,5-15,17-21H2,1-4H3/t23?,24?,25?,28?,29?,30-,32?,33-,34?,35?,36?/m1/s1. The monoisotopic (exact) mass is 564 g/mol. The Kier molecular flexibility index (Phi) is 6.66. The maximum Gasteiger partial charge on any atom is 0.189 e. The molecule has 5 unspecified atom stereocenters. The van der Waals surface area contributed by atoms with Crippen molar-refractivity contribution in [2.24, 2.45) is 57.2 Å². The van der Waals surface area contributed by atoms with E-state index in [-0.39, 0.29) is 16.2 Å². The lowest BCUT2D eigenvalue weighted by molar-refractivity contribution is -0.121. The lowest BCUT2D eigenvalue weighted by atomic mass is 9.45. The second-order valence-electron chi connectivity index (χ2n) is 16.9. The molecule has 8 aliphatic carbocycles. The van der Waals surface area contributed by atoms with Crippen LogP contribution in [0.3, 0.4) is 0 Å². The van der Waals surface area contributed by atoms with Gasteiger partial charge >= 0.3 is 0 Å². The molecule has 0 radical (unpaired) electrons. The van der Waals surface area contributed by atoms with E-state index in [0.717, 1.165) is 43.4 Å². The predicted octanol–water partition coefficient (Wildman–Crippen LogP) is 8.74. The van der Waals surface area contributed by atoms with Gasteiger partial charge in [-0.25, -0.2) is 0 Å². The quantitative estimate of drug-likeness (QED) is 0.324. The van der Waals surface area contributed by atoms with Crippen molar-refractivity contribution < 1.29 is 14.4 Å². The van der Waals surface area contributed by atoms with E-state index in [4.69, 9.17) is 0 Å². The number of carbonyl (C=O) groups excluding carboxylic acids is 3. The summed E-state index contributed by atoms with van der Waals surface area (Å²) in [6, 6.07) is 0. The van der Waals surface area contributed by atoms with E-state index in [9.17, 15) is 14.4 Å². The number of allylic oxidation sites excluding steroid dienone is 1. The van der Waals surface area contributed by atoms with E-state index in [1.807, 2.05) is 6.08 Å². The van der Waals surface area contributed by atoms with Crippen molar-refractivity contribution in [3.8, 4) is 0 Å². The third-order valence-electron chi connectivity index (χ3n) is 14.7. The summed E-state index contributed by atoms with van der Waals surface area (Å²) in [5.74, 6) is 4.99. The zero-order valence-electron chi connectivity index (χ0n) is 25.6. The van der Waals surface area contributed by atoms with Gasteiger partial charge in [0.05, 0.1) is 0 Å². The molecule has 7 saturated carbocycles. The summed E-state index contributed by atoms with van der Waals surface area (Å²) in [5.41, 5.74) is 2.20. The SMILES string of the molecule is CC(=O)CC[C@]1(C)CCC2C3C(CCC21C)C1(C)CCC(=O)C=C1C[C@H]3SC(=O)CC12CC3CC(CC(C3)C1)C2. The molecule has 0 aromatic rings. The van der Waals surface area contributed by atoms with E-state index in [1.165, 1.54) is 69.8 Å². The van der Waals surface area contributed by atoms with Crippen molar-refractivity contribution in [3.63, 3.8) is 0 Å². The minimum absolute atomic E-state index is 0.109. The van der Waals surface area contributed by atoms with Gasteiger partial charge in [-0.05, 0) is 154 Å². The molecule has 0 spiro atoms. The van der Waals surface area contributed by atoms with Crippen molar-refractivity contribution in [2.45, 2.75) is 136 Å². The number of ketones is 2. The highest BCUT2D eigenvalue weighted by Crippen LogP contribution is 2.72. The van der Waals surface area contributed by atoms with Crippen LogP contribution in [0.5, 0.6) is 0 Å². The van der Waals surface area contributed by atoms with Crippen LogP contribution in [-0.4, -0.2) is 21.9 Å². The first-order valence-corrected chi connectivity index (χ1v) is 17.7. The van der Waals surface area contributed by atoms with E-state index >= 15 is 0 Å². The van der Waals surface area contributed by atoms with Gasteiger partial charge in [-0.2, -0.15) is 0 Å². The zero-order valence-corrected chi connectivity index (χ0v) is 26.4. The molecule has 0 saturated heterocycles. The van der Waals surface area contributed by atoms with Crippen LogP contribution in [0.1, 0.15) is 130 Å². The largest absolute Gasteiger partial charge is 0.300 e. The molecule has 0 N–H and O–H groups in total. The number of hydrogen-bond acceptors (Lipinski definition) is 4. The first-order valence-electron chi connectivity index (χ1n) is 16.8. The molecule has 0 amide bonds. The lowest BCUT2D eigenvalue weighted by Gasteiger charge is -2.61. The van der Waals surface area contributed by atoms with E-state index in [2.05, 4.69) is 20.8 Å². The van der Waals surface area contributed by atoms with Gasteiger partial charge in [0.2, 0.25) is 0 Å². The summed E-state index contributed by atoms with van der Waals surface area (Å²) in [4.78, 5) is 38.7. The highest BCUT2D eigenvalue weighted by atomic mass is 32.2. The van der Waals surface area contributed by atoms with Crippen LogP contribution in [0.15, 0.2) is 11.6 Å². The fourth-order valence-corrected chi connectivity index (χ4v) is 14.4. The van der Waals surface area contributed by atoms with Crippen LogP contribution in [0.2, 0.25) is 0 Å². The van der Waals surface area contributed by atoms with Gasteiger partial charge in [0.15, 0.2) is 10.9 Å². The van der Waals surface area contributed by atoms with Crippen LogP contribution in [0.4, 0.5) is 0 Å². The Balaban J connectivity index is 1.17. The summed E-state index contributed by atoms with van der Waals surface area (Å²) in [6.07, 6.45) is 20.2. The zero-order chi connectivity index (χ0) is 28.1. The summed E-state index contributed by atoms with van der Waals surface area (Å²) in [6.45, 7) is 9.24. The molecule has 8 rings (SSSR count). The predicted molar refractivity (Wildman–Crippen MR) is 162 cm³/mol. The summed E-state index contributed by atoms with van der Waals surface area (Å²) >= 11 is 1.73. The van der Waals surface area contributed by atoms with Gasteiger partial charge in [0.1, 0.15) is 5.78 Å². The van der Waals surface area contributed by atoms with Crippen LogP contribution >= 0.6 is 11.8 Å². The second-order valence-corrected chi connectivity index (χ2v) is 18.2. The fourth-order valence-electron chi connectivity index (χ4n) is 12.9. The number of carbonyl (C=O) groups is 3. The summed E-state index contributed by atoms with van der Waals surface area (Å²) in [7, 11) is 0. The van der Waals surface area contributed by atoms with Crippen LogP contribution in [0, 0.1) is 57.2 Å². The molecule has 220 valence electrons. The van der Waals surface area contributed by atoms with Crippen molar-refractivity contribution in [3.05, 3.63) is 11.6 Å². The highest BCUT2D eigenvalue weighted by molar-refractivity contribution is 8.14. The Morgan fingerprint density at radius 2 is 1.57 bits per heavy atom. The third kappa shape index (κ3) is 4.29. The highest BCUT2D eigenvalue weighted by Gasteiger charge is 2.64. The molecular weight excluding hydrogens is 512 g/mol. The maximum atomic E-state index is 14.1. The Hall–Kier alpha value is -0.900. The molecule has 0 aromatic carbocycles. The molecule has 0 aromatic heterocycles. The minimum Gasteiger partial charge on any atom is -0.300 e. The topological polar surface area (TPSA) is 51.2 Å². The number of fused-ring (bicyclic) bond motifs is 5. The summed E-state index contributed by atoms with van der Waals surface area (Å²) < 4.78 is 0. The van der Waals surface area contributed by atoms with Gasteiger partial charge in [-0.3, -0.25) is 9.59 Å². The van der Waals surface area contributed by atoms with Crippen LogP contribution in [0.25, 0.3) is 0 Å². The Morgan fingerprint density at radius 1 is 0.925 bits per heavy atom. The van der Waals surface area contributed by atoms with Gasteiger partial charge in [-0.1, -0.05) is 38.1 Å². The normalized spacial score (nSPS) is 50.6. The number of hydrogen-bond donors (Lipinski definition) is 0. The molecule has 8 aliphatic rings. The molecule has 7 fully saturated rings. The molecule has 3 nitrogen and oxygen atoms in total. The fraction of sp³-hybridized carbons (Fsp3) is 0.861. The second kappa shape index (κ2) is 9.55. The van der Waals surface area contributed by atoms with E-state index in [0.29, 0.717) is 57.9 Å². The van der Waals surface area contributed by atoms with Crippen LogP contribution in [-0.2, 0) is 14.4 Å². The molecule has 4 bridgehead atoms. The summed E-state index contributed by atoms with van der Waals surface area (Å²) in [5, 5.41) is 0.762. The van der Waals surface area contributed by atoms with E-state index < -0.39 is 0 Å². The van der Waals surface area contributed by atoms with E-state index in [1.54, 1.807) is 18.7 Å². The molecule has 40 heavy (non-hydrogen) atoms. The Morgan fingerprint density at radius 3 is 2.23 bits per heavy atom. The number of Topliss-reactive ketones (excluding diaryl/α,β-unsaturated/α-hetero) is 1. The molecule has 0 aliphatic heterocycles. The van der Waals surface area contributed by atoms with Gasteiger partial charge in [0, 0.05) is 24.5 Å². The Bertz CT molecular complexity index is 1100. The van der Waals surface area contributed by atoms with Gasteiger partial charge < -0.3 is 4.79 Å². The number of rotatable bonds is 6. The minimum atomic E-state index is 0.109. The van der Waals surface area contributed by atoms with Gasteiger partial charge in [-0.15, -0.1) is 0 Å². The first-order chi connectivity index (χ1) is 18.9. The van der Waals surface area contributed by atoms with Crippen molar-refractivity contribution in [2.75, 3.05) is 0 Å². The number of thioether (sulfide) groups is 1. The van der Waals surface area contributed by atoms with Gasteiger partial charge in [0.25, 0.3) is 0 Å². The molecule has 7 atom stereocenters. The smallest absolute Gasteiger partial charge is 0.189 e.